The first-order valence-electron chi connectivity index (χ1n) is 11.7. The van der Waals surface area contributed by atoms with Crippen LogP contribution in [0.4, 0.5) is 0 Å². The van der Waals surface area contributed by atoms with Crippen LogP contribution in [0.2, 0.25) is 0 Å². The van der Waals surface area contributed by atoms with E-state index in [0.717, 1.165) is 48.5 Å². The number of carbonyl (C=O) groups is 1. The largest absolute Gasteiger partial charge is 0.488 e. The van der Waals surface area contributed by atoms with Crippen LogP contribution in [-0.4, -0.2) is 17.7 Å². The Kier molecular flexibility index (Phi) is 7.56. The van der Waals surface area contributed by atoms with Crippen LogP contribution in [0.15, 0.2) is 118 Å². The van der Waals surface area contributed by atoms with Gasteiger partial charge in [0.15, 0.2) is 0 Å². The van der Waals surface area contributed by atoms with Crippen LogP contribution in [-0.2, 0) is 11.2 Å². The van der Waals surface area contributed by atoms with E-state index in [0.29, 0.717) is 12.4 Å². The minimum absolute atomic E-state index is 0.0116. The third-order valence-electron chi connectivity index (χ3n) is 5.88. The molecule has 37 heavy (non-hydrogen) atoms. The summed E-state index contributed by atoms with van der Waals surface area (Å²) in [6, 6.07) is 29.6. The summed E-state index contributed by atoms with van der Waals surface area (Å²) >= 11 is 2.17. The molecular weight excluding hydrogens is 579 g/mol. The van der Waals surface area contributed by atoms with Crippen LogP contribution in [0.25, 0.3) is 28.2 Å². The second-order valence-corrected chi connectivity index (χ2v) is 9.54. The number of benzene rings is 3. The molecular formula is C31H23IO5. The molecule has 0 aliphatic carbocycles. The summed E-state index contributed by atoms with van der Waals surface area (Å²) in [7, 11) is 0. The van der Waals surface area contributed by atoms with Crippen molar-refractivity contribution >= 4 is 34.1 Å². The molecule has 184 valence electrons. The lowest BCUT2D eigenvalue weighted by molar-refractivity contribution is -0.136. The fourth-order valence-corrected chi connectivity index (χ4v) is 4.81. The highest BCUT2D eigenvalue weighted by Crippen LogP contribution is 2.30. The van der Waals surface area contributed by atoms with Crippen molar-refractivity contribution in [2.75, 3.05) is 6.61 Å². The van der Waals surface area contributed by atoms with Gasteiger partial charge in [0, 0.05) is 11.1 Å². The molecule has 5 aromatic rings. The average Bonchev–Trinajstić information content (AvgIpc) is 3.63. The molecule has 0 fully saturated rings. The van der Waals surface area contributed by atoms with Crippen LogP contribution in [0.1, 0.15) is 16.7 Å². The first-order valence-corrected chi connectivity index (χ1v) is 12.8. The number of ether oxygens (including phenoxy) is 1. The van der Waals surface area contributed by atoms with Crippen molar-refractivity contribution in [2.24, 2.45) is 0 Å². The zero-order valence-corrected chi connectivity index (χ0v) is 21.9. The van der Waals surface area contributed by atoms with Gasteiger partial charge in [-0.3, -0.25) is 4.79 Å². The van der Waals surface area contributed by atoms with Gasteiger partial charge < -0.3 is 18.7 Å². The lowest BCUT2D eigenvalue weighted by Crippen LogP contribution is -2.02. The Labute approximate surface area is 228 Å². The third kappa shape index (κ3) is 6.03. The van der Waals surface area contributed by atoms with Gasteiger partial charge in [-0.05, 0) is 87.3 Å². The van der Waals surface area contributed by atoms with Gasteiger partial charge >= 0.3 is 5.97 Å². The molecule has 0 saturated carbocycles. The molecule has 5 nitrogen and oxygen atoms in total. The van der Waals surface area contributed by atoms with Crippen LogP contribution < -0.4 is 4.74 Å². The van der Waals surface area contributed by atoms with E-state index in [-0.39, 0.29) is 6.42 Å². The molecule has 0 aliphatic rings. The van der Waals surface area contributed by atoms with Gasteiger partial charge in [-0.2, -0.15) is 0 Å². The van der Waals surface area contributed by atoms with E-state index < -0.39 is 5.97 Å². The number of carboxylic acid groups (broad SMARTS) is 1. The highest BCUT2D eigenvalue weighted by molar-refractivity contribution is 14.1. The summed E-state index contributed by atoms with van der Waals surface area (Å²) in [5, 5.41) is 9.04. The third-order valence-corrected chi connectivity index (χ3v) is 6.72. The quantitative estimate of drug-likeness (QED) is 0.174. The Morgan fingerprint density at radius 2 is 1.38 bits per heavy atom. The van der Waals surface area contributed by atoms with Crippen molar-refractivity contribution in [1.29, 1.82) is 0 Å². The number of rotatable bonds is 9. The van der Waals surface area contributed by atoms with E-state index in [1.54, 1.807) is 18.6 Å². The topological polar surface area (TPSA) is 72.8 Å². The molecule has 2 heterocycles. The molecule has 0 atom stereocenters. The second kappa shape index (κ2) is 11.3. The predicted octanol–water partition coefficient (Wildman–Crippen LogP) is 7.95. The summed E-state index contributed by atoms with van der Waals surface area (Å²) in [6.07, 6.45) is 5.39. The summed E-state index contributed by atoms with van der Waals surface area (Å²) in [5.41, 5.74) is 5.90. The molecule has 0 amide bonds. The second-order valence-electron chi connectivity index (χ2n) is 8.37. The molecule has 0 aliphatic heterocycles. The van der Waals surface area contributed by atoms with Crippen molar-refractivity contribution in [3.63, 3.8) is 0 Å². The summed E-state index contributed by atoms with van der Waals surface area (Å²) in [5.74, 6) is 1.51. The highest BCUT2D eigenvalue weighted by Gasteiger charge is 2.10. The number of halogens is 1. The number of hydrogen-bond donors (Lipinski definition) is 1. The molecule has 0 radical (unpaired) electrons. The van der Waals surface area contributed by atoms with Gasteiger partial charge in [0.25, 0.3) is 0 Å². The Balaban J connectivity index is 1.41. The van der Waals surface area contributed by atoms with Crippen molar-refractivity contribution < 1.29 is 23.5 Å². The van der Waals surface area contributed by atoms with Gasteiger partial charge in [-0.1, -0.05) is 54.6 Å². The van der Waals surface area contributed by atoms with Gasteiger partial charge in [-0.15, -0.1) is 0 Å². The van der Waals surface area contributed by atoms with Crippen LogP contribution in [0.3, 0.4) is 0 Å². The summed E-state index contributed by atoms with van der Waals surface area (Å²) in [4.78, 5) is 11.0. The molecule has 0 saturated heterocycles. The number of carboxylic acids is 1. The smallest absolute Gasteiger partial charge is 0.307 e. The molecule has 0 bridgehead atoms. The molecule has 6 heteroatoms. The molecule has 5 rings (SSSR count). The van der Waals surface area contributed by atoms with Crippen LogP contribution in [0, 0.1) is 3.57 Å². The number of furan rings is 2. The zero-order valence-electron chi connectivity index (χ0n) is 19.8. The van der Waals surface area contributed by atoms with E-state index in [1.807, 2.05) is 60.7 Å². The molecule has 0 unspecified atom stereocenters. The van der Waals surface area contributed by atoms with Gasteiger partial charge in [0.2, 0.25) is 0 Å². The predicted molar refractivity (Wildman–Crippen MR) is 151 cm³/mol. The van der Waals surface area contributed by atoms with Crippen LogP contribution >= 0.6 is 22.6 Å². The maximum Gasteiger partial charge on any atom is 0.307 e. The van der Waals surface area contributed by atoms with E-state index in [9.17, 15) is 4.79 Å². The lowest BCUT2D eigenvalue weighted by atomic mass is 9.95. The summed E-state index contributed by atoms with van der Waals surface area (Å²) < 4.78 is 18.0. The Hall–Kier alpha value is -4.04. The first kappa shape index (κ1) is 24.6. The van der Waals surface area contributed by atoms with E-state index >= 15 is 0 Å². The van der Waals surface area contributed by atoms with Crippen LogP contribution in [0.5, 0.6) is 5.75 Å². The number of aliphatic carboxylic acids is 1. The molecule has 2 aromatic heterocycles. The molecule has 0 spiro atoms. The fourth-order valence-electron chi connectivity index (χ4n) is 4.08. The average molecular weight is 602 g/mol. The first-order chi connectivity index (χ1) is 18.1. The Morgan fingerprint density at radius 1 is 0.811 bits per heavy atom. The van der Waals surface area contributed by atoms with E-state index in [2.05, 4.69) is 52.9 Å². The van der Waals surface area contributed by atoms with Gasteiger partial charge in [0.1, 0.15) is 23.9 Å². The lowest BCUT2D eigenvalue weighted by Gasteiger charge is -2.12. The maximum atomic E-state index is 11.0. The van der Waals surface area contributed by atoms with E-state index in [4.69, 9.17) is 18.7 Å². The van der Waals surface area contributed by atoms with E-state index in [1.165, 1.54) is 0 Å². The maximum absolute atomic E-state index is 11.0. The Bertz CT molecular complexity index is 1420. The minimum atomic E-state index is -0.854. The fraction of sp³-hybridized carbons (Fsp3) is 0.0645. The Morgan fingerprint density at radius 3 is 1.84 bits per heavy atom. The monoisotopic (exact) mass is 602 g/mol. The highest BCUT2D eigenvalue weighted by atomic mass is 127. The molecule has 3 aromatic carbocycles. The van der Waals surface area contributed by atoms with Gasteiger partial charge in [-0.25, -0.2) is 0 Å². The van der Waals surface area contributed by atoms with Crippen molar-refractivity contribution in [3.8, 4) is 28.4 Å². The van der Waals surface area contributed by atoms with Crippen molar-refractivity contribution in [3.05, 3.63) is 130 Å². The van der Waals surface area contributed by atoms with Crippen molar-refractivity contribution in [1.82, 2.24) is 0 Å². The SMILES string of the molecule is O=C(O)Cc1ccc(OCC=C(c2ccc(-c3ccco3)cc2)c2ccc(-c3ccco3)cc2)c(I)c1. The zero-order chi connectivity index (χ0) is 25.6. The minimum Gasteiger partial charge on any atom is -0.488 e. The normalized spacial score (nSPS) is 10.7. The van der Waals surface area contributed by atoms with Gasteiger partial charge in [0.05, 0.1) is 22.5 Å². The van der Waals surface area contributed by atoms with Crippen molar-refractivity contribution in [2.45, 2.75) is 6.42 Å². The molecule has 1 N–H and O–H groups in total. The number of hydrogen-bond acceptors (Lipinski definition) is 4. The summed E-state index contributed by atoms with van der Waals surface area (Å²) in [6.45, 7) is 0.351. The standard InChI is InChI=1S/C31H23IO5/c32-27-19-21(20-31(33)34)5-14-30(27)37-18-15-26(22-6-10-24(11-7-22)28-3-1-16-35-28)23-8-12-25(13-9-23)29-4-2-17-36-29/h1-17,19H,18,20H2,(H,33,34).